The number of hydrogen-bond donors (Lipinski definition) is 0. The normalized spacial score (nSPS) is 20.2. The number of hydrogen-bond acceptors (Lipinski definition) is 4. The SMILES string of the molecule is O=C(c1cc(-c2ccccc2)nn1-c1ccccc1)N(C1CC1)C1CCS(=O)(=O)C1. The van der Waals surface area contributed by atoms with Gasteiger partial charge in [0.05, 0.1) is 22.9 Å². The third-order valence-electron chi connectivity index (χ3n) is 5.78. The maximum absolute atomic E-state index is 13.7. The first kappa shape index (κ1) is 19.1. The Morgan fingerprint density at radius 3 is 2.20 bits per heavy atom. The lowest BCUT2D eigenvalue weighted by molar-refractivity contribution is 0.0671. The number of carbonyl (C=O) groups is 1. The van der Waals surface area contributed by atoms with Crippen molar-refractivity contribution in [3.63, 3.8) is 0 Å². The maximum atomic E-state index is 13.7. The van der Waals surface area contributed by atoms with Crippen molar-refractivity contribution in [2.75, 3.05) is 11.5 Å². The highest BCUT2D eigenvalue weighted by Gasteiger charge is 2.43. The second-order valence-electron chi connectivity index (χ2n) is 8.03. The molecular formula is C23H23N3O3S. The van der Waals surface area contributed by atoms with Crippen LogP contribution in [0.4, 0.5) is 0 Å². The van der Waals surface area contributed by atoms with E-state index in [9.17, 15) is 13.2 Å². The van der Waals surface area contributed by atoms with E-state index in [1.165, 1.54) is 0 Å². The Hall–Kier alpha value is -2.93. The number of carbonyl (C=O) groups excluding carboxylic acids is 1. The van der Waals surface area contributed by atoms with Gasteiger partial charge in [0.2, 0.25) is 0 Å². The molecule has 3 aromatic rings. The molecule has 7 heteroatoms. The molecule has 154 valence electrons. The lowest BCUT2D eigenvalue weighted by Crippen LogP contribution is -2.43. The molecule has 1 atom stereocenters. The average Bonchev–Trinajstić information content (AvgIpc) is 3.37. The van der Waals surface area contributed by atoms with Crippen molar-refractivity contribution >= 4 is 15.7 Å². The number of aromatic nitrogens is 2. The highest BCUT2D eigenvalue weighted by molar-refractivity contribution is 7.91. The third kappa shape index (κ3) is 3.65. The van der Waals surface area contributed by atoms with Crippen LogP contribution in [0.5, 0.6) is 0 Å². The molecular weight excluding hydrogens is 398 g/mol. The Morgan fingerprint density at radius 1 is 0.933 bits per heavy atom. The lowest BCUT2D eigenvalue weighted by atomic mass is 10.1. The van der Waals surface area contributed by atoms with Gasteiger partial charge in [0.25, 0.3) is 5.91 Å². The third-order valence-corrected chi connectivity index (χ3v) is 7.53. The summed E-state index contributed by atoms with van der Waals surface area (Å²) in [4.78, 5) is 15.5. The average molecular weight is 422 g/mol. The molecule has 1 aliphatic heterocycles. The van der Waals surface area contributed by atoms with Gasteiger partial charge in [-0.25, -0.2) is 13.1 Å². The van der Waals surface area contributed by atoms with Crippen LogP contribution in [0.2, 0.25) is 0 Å². The van der Waals surface area contributed by atoms with Gasteiger partial charge in [-0.1, -0.05) is 48.5 Å². The van der Waals surface area contributed by atoms with Gasteiger partial charge < -0.3 is 4.90 Å². The van der Waals surface area contributed by atoms with E-state index in [0.29, 0.717) is 12.1 Å². The molecule has 0 radical (unpaired) electrons. The molecule has 2 fully saturated rings. The predicted octanol–water partition coefficient (Wildman–Crippen LogP) is 3.33. The molecule has 2 aromatic carbocycles. The number of benzene rings is 2. The van der Waals surface area contributed by atoms with Crippen LogP contribution in [0.25, 0.3) is 16.9 Å². The summed E-state index contributed by atoms with van der Waals surface area (Å²) in [6.07, 6.45) is 2.36. The quantitative estimate of drug-likeness (QED) is 0.634. The van der Waals surface area contributed by atoms with Crippen LogP contribution in [0.15, 0.2) is 66.7 Å². The van der Waals surface area contributed by atoms with E-state index >= 15 is 0 Å². The summed E-state index contributed by atoms with van der Waals surface area (Å²) >= 11 is 0. The van der Waals surface area contributed by atoms with Gasteiger partial charge in [-0.3, -0.25) is 4.79 Å². The van der Waals surface area contributed by atoms with E-state index in [1.54, 1.807) is 4.68 Å². The van der Waals surface area contributed by atoms with Gasteiger partial charge in [0.1, 0.15) is 5.69 Å². The Balaban J connectivity index is 1.58. The number of rotatable bonds is 5. The van der Waals surface area contributed by atoms with E-state index < -0.39 is 9.84 Å². The van der Waals surface area contributed by atoms with Crippen LogP contribution in [0.1, 0.15) is 29.8 Å². The van der Waals surface area contributed by atoms with Crippen molar-refractivity contribution in [2.24, 2.45) is 0 Å². The Labute approximate surface area is 176 Å². The molecule has 1 amide bonds. The maximum Gasteiger partial charge on any atom is 0.273 e. The van der Waals surface area contributed by atoms with E-state index in [-0.39, 0.29) is 29.5 Å². The molecule has 1 unspecified atom stereocenters. The summed E-state index contributed by atoms with van der Waals surface area (Å²) in [6, 6.07) is 21.0. The van der Waals surface area contributed by atoms with Gasteiger partial charge >= 0.3 is 0 Å². The van der Waals surface area contributed by atoms with Gasteiger partial charge in [-0.15, -0.1) is 0 Å². The zero-order valence-electron chi connectivity index (χ0n) is 16.5. The summed E-state index contributed by atoms with van der Waals surface area (Å²) in [5, 5.41) is 4.74. The van der Waals surface area contributed by atoms with Crippen LogP contribution >= 0.6 is 0 Å². The van der Waals surface area contributed by atoms with Crippen molar-refractivity contribution in [1.29, 1.82) is 0 Å². The summed E-state index contributed by atoms with van der Waals surface area (Å²) in [7, 11) is -3.08. The van der Waals surface area contributed by atoms with E-state index in [4.69, 9.17) is 5.10 Å². The van der Waals surface area contributed by atoms with E-state index in [0.717, 1.165) is 29.8 Å². The summed E-state index contributed by atoms with van der Waals surface area (Å²) < 4.78 is 25.8. The number of para-hydroxylation sites is 1. The Kier molecular flexibility index (Phi) is 4.70. The second kappa shape index (κ2) is 7.40. The fourth-order valence-corrected chi connectivity index (χ4v) is 5.87. The zero-order valence-corrected chi connectivity index (χ0v) is 17.3. The minimum Gasteiger partial charge on any atom is -0.330 e. The molecule has 6 nitrogen and oxygen atoms in total. The molecule has 0 N–H and O–H groups in total. The minimum absolute atomic E-state index is 0.0558. The molecule has 1 saturated heterocycles. The van der Waals surface area contributed by atoms with Crippen LogP contribution < -0.4 is 0 Å². The van der Waals surface area contributed by atoms with Gasteiger partial charge in [-0.05, 0) is 37.5 Å². The number of sulfone groups is 1. The molecule has 0 bridgehead atoms. The van der Waals surface area contributed by atoms with Crippen LogP contribution in [0, 0.1) is 0 Å². The van der Waals surface area contributed by atoms with Gasteiger partial charge in [0.15, 0.2) is 9.84 Å². The highest BCUT2D eigenvalue weighted by Crippen LogP contribution is 2.34. The van der Waals surface area contributed by atoms with Crippen molar-refractivity contribution in [3.8, 4) is 16.9 Å². The fourth-order valence-electron chi connectivity index (χ4n) is 4.16. The molecule has 5 rings (SSSR count). The summed E-state index contributed by atoms with van der Waals surface area (Å²) in [5.41, 5.74) is 2.93. The molecule has 1 saturated carbocycles. The minimum atomic E-state index is -3.08. The van der Waals surface area contributed by atoms with Gasteiger partial charge in [-0.2, -0.15) is 5.10 Å². The van der Waals surface area contributed by atoms with Crippen molar-refractivity contribution in [2.45, 2.75) is 31.3 Å². The smallest absolute Gasteiger partial charge is 0.273 e. The topological polar surface area (TPSA) is 72.3 Å². The summed E-state index contributed by atoms with van der Waals surface area (Å²) in [6.45, 7) is 0. The first-order valence-corrected chi connectivity index (χ1v) is 12.1. The van der Waals surface area contributed by atoms with E-state index in [2.05, 4.69) is 0 Å². The zero-order chi connectivity index (χ0) is 20.7. The molecule has 0 spiro atoms. The first-order valence-electron chi connectivity index (χ1n) is 10.3. The van der Waals surface area contributed by atoms with Crippen molar-refractivity contribution in [3.05, 3.63) is 72.4 Å². The van der Waals surface area contributed by atoms with Crippen LogP contribution in [-0.4, -0.2) is 52.6 Å². The van der Waals surface area contributed by atoms with Crippen LogP contribution in [-0.2, 0) is 9.84 Å². The monoisotopic (exact) mass is 421 g/mol. The standard InChI is InChI=1S/C23H23N3O3S/c27-23(25(18-11-12-18)20-13-14-30(28,29)16-20)22-15-21(17-7-3-1-4-8-17)24-26(22)19-9-5-2-6-10-19/h1-10,15,18,20H,11-14,16H2. The molecule has 2 aliphatic rings. The molecule has 1 aliphatic carbocycles. The fraction of sp³-hybridized carbons (Fsp3) is 0.304. The van der Waals surface area contributed by atoms with Crippen molar-refractivity contribution in [1.82, 2.24) is 14.7 Å². The molecule has 1 aromatic heterocycles. The molecule has 30 heavy (non-hydrogen) atoms. The highest BCUT2D eigenvalue weighted by atomic mass is 32.2. The lowest BCUT2D eigenvalue weighted by Gasteiger charge is -2.28. The van der Waals surface area contributed by atoms with Gasteiger partial charge in [0, 0.05) is 17.6 Å². The number of amides is 1. The van der Waals surface area contributed by atoms with E-state index in [1.807, 2.05) is 71.6 Å². The second-order valence-corrected chi connectivity index (χ2v) is 10.3. The summed E-state index contributed by atoms with van der Waals surface area (Å²) in [5.74, 6) is 0.0693. The number of nitrogens with zero attached hydrogens (tertiary/aromatic N) is 3. The first-order chi connectivity index (χ1) is 14.5. The molecule has 2 heterocycles. The van der Waals surface area contributed by atoms with Crippen LogP contribution in [0.3, 0.4) is 0 Å². The van der Waals surface area contributed by atoms with Crippen molar-refractivity contribution < 1.29 is 13.2 Å². The Morgan fingerprint density at radius 2 is 1.60 bits per heavy atom. The largest absolute Gasteiger partial charge is 0.330 e. The predicted molar refractivity (Wildman–Crippen MR) is 115 cm³/mol. The Bertz CT molecular complexity index is 1170.